The molecule has 0 spiro atoms. The smallest absolute Gasteiger partial charge is 0.160 e. The molecule has 5 rings (SSSR count). The number of hydrazone groups is 2. The lowest BCUT2D eigenvalue weighted by Crippen LogP contribution is -2.39. The summed E-state index contributed by atoms with van der Waals surface area (Å²) in [5.74, 6) is 2.20. The van der Waals surface area contributed by atoms with Crippen molar-refractivity contribution < 1.29 is 4.74 Å². The zero-order valence-electron chi connectivity index (χ0n) is 18.4. The van der Waals surface area contributed by atoms with Gasteiger partial charge in [0.05, 0.1) is 18.5 Å². The monoisotopic (exact) mass is 439 g/mol. The maximum atomic E-state index is 6.35. The zero-order chi connectivity index (χ0) is 21.5. The molecule has 4 aliphatic rings. The molecule has 2 N–H and O–H groups in total. The molecule has 0 radical (unpaired) electrons. The van der Waals surface area contributed by atoms with E-state index in [1.165, 1.54) is 36.8 Å². The Balaban J connectivity index is 1.49. The number of piperidine rings is 1. The molecule has 8 nitrogen and oxygen atoms in total. The van der Waals surface area contributed by atoms with Gasteiger partial charge in [-0.2, -0.15) is 19.7 Å². The normalized spacial score (nSPS) is 23.8. The Morgan fingerprint density at radius 2 is 2.00 bits per heavy atom. The molecule has 31 heavy (non-hydrogen) atoms. The molecule has 1 saturated heterocycles. The van der Waals surface area contributed by atoms with Crippen LogP contribution in [0.1, 0.15) is 42.5 Å². The molecule has 1 aromatic heterocycles. The second kappa shape index (κ2) is 8.27. The number of methoxy groups -OCH3 is 1. The summed E-state index contributed by atoms with van der Waals surface area (Å²) in [7, 11) is 1.69. The Hall–Kier alpha value is -2.39. The van der Waals surface area contributed by atoms with Gasteiger partial charge in [-0.05, 0) is 57.3 Å². The Morgan fingerprint density at radius 3 is 2.77 bits per heavy atom. The van der Waals surface area contributed by atoms with Crippen LogP contribution in [-0.2, 0) is 6.54 Å². The first-order valence-corrected chi connectivity index (χ1v) is 11.9. The van der Waals surface area contributed by atoms with Crippen LogP contribution in [0, 0.1) is 13.8 Å². The summed E-state index contributed by atoms with van der Waals surface area (Å²) in [5, 5.41) is 11.5. The summed E-state index contributed by atoms with van der Waals surface area (Å²) in [6, 6.07) is 0.382. The number of likely N-dealkylation sites (tertiary alicyclic amines) is 1. The fraction of sp³-hybridized carbons (Fsp3) is 0.545. The summed E-state index contributed by atoms with van der Waals surface area (Å²) >= 11 is 1.53. The van der Waals surface area contributed by atoms with Crippen LogP contribution < -0.4 is 10.5 Å². The van der Waals surface area contributed by atoms with Crippen molar-refractivity contribution in [2.75, 3.05) is 26.0 Å². The summed E-state index contributed by atoms with van der Waals surface area (Å²) < 4.78 is 10.1. The topological polar surface area (TPSA) is 91.7 Å². The highest BCUT2D eigenvalue weighted by Crippen LogP contribution is 2.37. The van der Waals surface area contributed by atoms with Gasteiger partial charge in [-0.1, -0.05) is 6.42 Å². The third-order valence-electron chi connectivity index (χ3n) is 6.58. The van der Waals surface area contributed by atoms with Gasteiger partial charge in [-0.3, -0.25) is 9.88 Å². The van der Waals surface area contributed by atoms with Crippen LogP contribution in [0.25, 0.3) is 0 Å². The second-order valence-corrected chi connectivity index (χ2v) is 9.27. The number of nitrogens with two attached hydrogens (primary N) is 1. The molecule has 9 heteroatoms. The van der Waals surface area contributed by atoms with Crippen molar-refractivity contribution in [2.45, 2.75) is 52.1 Å². The molecular weight excluding hydrogens is 410 g/mol. The maximum absolute atomic E-state index is 6.35. The SMILES string of the molecule is COc1c(C)cnc(CN2N=C3CC(N4CCCCC4)C4=C3C(=N2)C(N)=NSC4)c1C. The summed E-state index contributed by atoms with van der Waals surface area (Å²) in [4.78, 5) is 7.24. The van der Waals surface area contributed by atoms with Crippen molar-refractivity contribution in [1.82, 2.24) is 15.0 Å². The van der Waals surface area contributed by atoms with Crippen LogP contribution in [0.15, 0.2) is 31.9 Å². The average molecular weight is 440 g/mol. The maximum Gasteiger partial charge on any atom is 0.160 e. The van der Waals surface area contributed by atoms with E-state index in [1.807, 2.05) is 20.0 Å². The fourth-order valence-corrected chi connectivity index (χ4v) is 5.81. The molecule has 3 aliphatic heterocycles. The number of hydrogen-bond donors (Lipinski definition) is 1. The average Bonchev–Trinajstić information content (AvgIpc) is 3.05. The van der Waals surface area contributed by atoms with Crippen molar-refractivity contribution in [3.63, 3.8) is 0 Å². The van der Waals surface area contributed by atoms with Crippen molar-refractivity contribution in [2.24, 2.45) is 20.3 Å². The molecule has 164 valence electrons. The standard InChI is InChI=1S/C22H29N7OS/c1-13-10-24-17(14(2)21(13)30-3)11-29-25-16-9-18(28-7-5-4-6-8-28)15-12-31-27-22(23)20(26-29)19(15)16/h10,18H,4-9,11-12H2,1-3H3,(H2,23,27). The van der Waals surface area contributed by atoms with E-state index in [2.05, 4.69) is 14.3 Å². The van der Waals surface area contributed by atoms with Gasteiger partial charge in [0, 0.05) is 41.1 Å². The number of ether oxygens (including phenoxy) is 1. The van der Waals surface area contributed by atoms with Gasteiger partial charge in [0.1, 0.15) is 18.0 Å². The van der Waals surface area contributed by atoms with Crippen LogP contribution in [-0.4, -0.2) is 64.3 Å². The lowest BCUT2D eigenvalue weighted by atomic mass is 10.0. The van der Waals surface area contributed by atoms with E-state index < -0.39 is 0 Å². The highest BCUT2D eigenvalue weighted by atomic mass is 32.2. The fourth-order valence-electron chi connectivity index (χ4n) is 5.04. The Morgan fingerprint density at radius 1 is 1.19 bits per heavy atom. The first kappa shape index (κ1) is 20.5. The molecule has 1 unspecified atom stereocenters. The van der Waals surface area contributed by atoms with E-state index in [4.69, 9.17) is 20.7 Å². The molecule has 4 heterocycles. The van der Waals surface area contributed by atoms with Crippen LogP contribution in [0.3, 0.4) is 0 Å². The molecule has 1 aromatic rings. The lowest BCUT2D eigenvalue weighted by Gasteiger charge is -2.33. The largest absolute Gasteiger partial charge is 0.496 e. The molecule has 0 aromatic carbocycles. The van der Waals surface area contributed by atoms with Gasteiger partial charge < -0.3 is 10.5 Å². The number of nitrogens with zero attached hydrogens (tertiary/aromatic N) is 6. The van der Waals surface area contributed by atoms with Gasteiger partial charge in [0.25, 0.3) is 0 Å². The molecule has 0 amide bonds. The summed E-state index contributed by atoms with van der Waals surface area (Å²) in [6.07, 6.45) is 6.62. The number of hydrogen-bond acceptors (Lipinski definition) is 9. The second-order valence-electron chi connectivity index (χ2n) is 8.54. The summed E-state index contributed by atoms with van der Waals surface area (Å²) in [5.41, 5.74) is 13.6. The van der Waals surface area contributed by atoms with Gasteiger partial charge in [0.2, 0.25) is 0 Å². The highest BCUT2D eigenvalue weighted by molar-refractivity contribution is 7.98. The molecule has 1 fully saturated rings. The molecule has 1 atom stereocenters. The Kier molecular flexibility index (Phi) is 5.47. The molecule has 0 saturated carbocycles. The van der Waals surface area contributed by atoms with E-state index in [0.717, 1.165) is 64.8 Å². The first-order valence-electron chi connectivity index (χ1n) is 10.9. The number of pyridine rings is 1. The van der Waals surface area contributed by atoms with Gasteiger partial charge in [-0.25, -0.2) is 0 Å². The quantitative estimate of drug-likeness (QED) is 0.726. The van der Waals surface area contributed by atoms with Crippen LogP contribution in [0.5, 0.6) is 5.75 Å². The van der Waals surface area contributed by atoms with Gasteiger partial charge in [-0.15, -0.1) is 0 Å². The van der Waals surface area contributed by atoms with Crippen molar-refractivity contribution >= 4 is 29.2 Å². The third-order valence-corrected chi connectivity index (χ3v) is 7.35. The minimum atomic E-state index is 0.382. The Bertz CT molecular complexity index is 1020. The number of amidine groups is 1. The van der Waals surface area contributed by atoms with E-state index in [9.17, 15) is 0 Å². The van der Waals surface area contributed by atoms with Gasteiger partial charge >= 0.3 is 0 Å². The van der Waals surface area contributed by atoms with E-state index >= 15 is 0 Å². The molecule has 1 aliphatic carbocycles. The number of aryl methyl sites for hydroxylation is 1. The highest BCUT2D eigenvalue weighted by Gasteiger charge is 2.41. The van der Waals surface area contributed by atoms with Crippen molar-refractivity contribution in [3.8, 4) is 5.75 Å². The number of rotatable bonds is 4. The van der Waals surface area contributed by atoms with Crippen molar-refractivity contribution in [1.29, 1.82) is 0 Å². The minimum absolute atomic E-state index is 0.382. The van der Waals surface area contributed by atoms with Gasteiger partial charge in [0.15, 0.2) is 5.84 Å². The molecular formula is C22H29N7OS. The molecule has 0 bridgehead atoms. The van der Waals surface area contributed by atoms with E-state index in [1.54, 1.807) is 12.2 Å². The van der Waals surface area contributed by atoms with Crippen molar-refractivity contribution in [3.05, 3.63) is 34.2 Å². The third kappa shape index (κ3) is 3.63. The summed E-state index contributed by atoms with van der Waals surface area (Å²) in [6.45, 7) is 6.80. The minimum Gasteiger partial charge on any atom is -0.496 e. The predicted molar refractivity (Wildman–Crippen MR) is 126 cm³/mol. The van der Waals surface area contributed by atoms with E-state index in [-0.39, 0.29) is 0 Å². The van der Waals surface area contributed by atoms with Crippen LogP contribution in [0.4, 0.5) is 0 Å². The lowest BCUT2D eigenvalue weighted by molar-refractivity contribution is 0.189. The first-order chi connectivity index (χ1) is 15.1. The van der Waals surface area contributed by atoms with E-state index in [0.29, 0.717) is 18.4 Å². The zero-order valence-corrected chi connectivity index (χ0v) is 19.2. The predicted octanol–water partition coefficient (Wildman–Crippen LogP) is 2.81. The Labute approximate surface area is 187 Å². The van der Waals surface area contributed by atoms with Crippen LogP contribution in [0.2, 0.25) is 0 Å². The van der Waals surface area contributed by atoms with Crippen LogP contribution >= 0.6 is 11.9 Å². The number of aromatic nitrogens is 1.